The first-order valence-electron chi connectivity index (χ1n) is 8.36. The van der Waals surface area contributed by atoms with E-state index in [-0.39, 0.29) is 34.5 Å². The van der Waals surface area contributed by atoms with Gasteiger partial charge in [0.2, 0.25) is 10.0 Å². The zero-order valence-electron chi connectivity index (χ0n) is 14.3. The minimum absolute atomic E-state index is 0.0246. The van der Waals surface area contributed by atoms with Gasteiger partial charge in [0.05, 0.1) is 16.7 Å². The van der Waals surface area contributed by atoms with Crippen molar-refractivity contribution in [3.05, 3.63) is 53.1 Å². The van der Waals surface area contributed by atoms with Gasteiger partial charge in [-0.1, -0.05) is 17.7 Å². The van der Waals surface area contributed by atoms with Gasteiger partial charge in [-0.05, 0) is 49.2 Å². The van der Waals surface area contributed by atoms with Crippen LogP contribution in [-0.2, 0) is 14.8 Å². The van der Waals surface area contributed by atoms with Gasteiger partial charge in [0.1, 0.15) is 5.75 Å². The molecule has 0 saturated carbocycles. The lowest BCUT2D eigenvalue weighted by atomic mass is 10.2. The molecule has 1 unspecified atom stereocenters. The summed E-state index contributed by atoms with van der Waals surface area (Å²) in [6.45, 7) is 0.827. The maximum absolute atomic E-state index is 12.5. The van der Waals surface area contributed by atoms with Gasteiger partial charge >= 0.3 is 0 Å². The summed E-state index contributed by atoms with van der Waals surface area (Å²) in [4.78, 5) is 12.4. The van der Waals surface area contributed by atoms with Gasteiger partial charge in [0.25, 0.3) is 5.91 Å². The normalized spacial score (nSPS) is 17.0. The average Bonchev–Trinajstić information content (AvgIpc) is 3.17. The molecule has 1 aliphatic rings. The Bertz CT molecular complexity index is 943. The van der Waals surface area contributed by atoms with Crippen LogP contribution in [0.3, 0.4) is 0 Å². The number of amides is 1. The molecule has 1 aliphatic heterocycles. The number of rotatable bonds is 6. The van der Waals surface area contributed by atoms with E-state index in [2.05, 4.69) is 10.0 Å². The van der Waals surface area contributed by atoms with Crippen LogP contribution in [0.15, 0.2) is 47.4 Å². The number of carbonyl (C=O) groups is 1. The highest BCUT2D eigenvalue weighted by atomic mass is 35.5. The fourth-order valence-corrected chi connectivity index (χ4v) is 3.98. The number of hydrogen-bond donors (Lipinski definition) is 3. The Morgan fingerprint density at radius 3 is 2.81 bits per heavy atom. The van der Waals surface area contributed by atoms with Crippen molar-refractivity contribution in [3.63, 3.8) is 0 Å². The third kappa shape index (κ3) is 4.98. The Balaban J connectivity index is 1.73. The van der Waals surface area contributed by atoms with E-state index in [1.165, 1.54) is 42.5 Å². The number of sulfonamides is 1. The van der Waals surface area contributed by atoms with Crippen LogP contribution >= 0.6 is 11.6 Å². The topological polar surface area (TPSA) is 105 Å². The van der Waals surface area contributed by atoms with E-state index in [9.17, 15) is 18.3 Å². The van der Waals surface area contributed by atoms with Gasteiger partial charge in [-0.25, -0.2) is 13.1 Å². The molecule has 0 aromatic heterocycles. The predicted octanol–water partition coefficient (Wildman–Crippen LogP) is 2.76. The van der Waals surface area contributed by atoms with E-state index in [0.717, 1.165) is 12.8 Å². The van der Waals surface area contributed by atoms with Crippen molar-refractivity contribution in [1.82, 2.24) is 4.72 Å². The summed E-state index contributed by atoms with van der Waals surface area (Å²) >= 11 is 5.86. The van der Waals surface area contributed by atoms with Crippen LogP contribution < -0.4 is 10.0 Å². The van der Waals surface area contributed by atoms with Gasteiger partial charge in [0.15, 0.2) is 0 Å². The number of carbonyl (C=O) groups excluding carboxylic acids is 1. The summed E-state index contributed by atoms with van der Waals surface area (Å²) in [6.07, 6.45) is 1.60. The molecule has 7 nitrogen and oxygen atoms in total. The number of phenols is 1. The molecule has 1 saturated heterocycles. The van der Waals surface area contributed by atoms with Crippen LogP contribution in [0.4, 0.5) is 5.69 Å². The van der Waals surface area contributed by atoms with Crippen LogP contribution in [0, 0.1) is 0 Å². The number of phenolic OH excluding ortho intramolecular Hbond substituents is 1. The van der Waals surface area contributed by atoms with Crippen molar-refractivity contribution >= 4 is 33.2 Å². The molecule has 1 heterocycles. The number of nitrogens with one attached hydrogen (secondary N) is 2. The van der Waals surface area contributed by atoms with Crippen molar-refractivity contribution in [2.75, 3.05) is 18.5 Å². The van der Waals surface area contributed by atoms with Crippen molar-refractivity contribution in [2.45, 2.75) is 23.8 Å². The summed E-state index contributed by atoms with van der Waals surface area (Å²) in [5.74, 6) is -0.710. The van der Waals surface area contributed by atoms with Gasteiger partial charge < -0.3 is 15.2 Å². The maximum Gasteiger partial charge on any atom is 0.255 e. The number of ether oxygens (including phenoxy) is 1. The van der Waals surface area contributed by atoms with Gasteiger partial charge in [-0.3, -0.25) is 4.79 Å². The summed E-state index contributed by atoms with van der Waals surface area (Å²) in [5, 5.41) is 12.7. The second-order valence-corrected chi connectivity index (χ2v) is 8.33. The largest absolute Gasteiger partial charge is 0.506 e. The van der Waals surface area contributed by atoms with Gasteiger partial charge in [-0.15, -0.1) is 0 Å². The zero-order chi connectivity index (χ0) is 19.4. The lowest BCUT2D eigenvalue weighted by molar-refractivity contribution is 0.102. The standard InChI is InChI=1S/C18H19ClN2O5S/c19-13-6-7-17(22)16(10-13)21-18(23)12-3-1-5-15(9-12)27(24,25)20-11-14-4-2-8-26-14/h1,3,5-7,9-10,14,20,22H,2,4,8,11H2,(H,21,23). The fourth-order valence-electron chi connectivity index (χ4n) is 2.70. The molecule has 27 heavy (non-hydrogen) atoms. The van der Waals surface area contributed by atoms with Gasteiger partial charge in [0, 0.05) is 23.7 Å². The molecule has 3 rings (SSSR count). The van der Waals surface area contributed by atoms with Crippen LogP contribution in [0.2, 0.25) is 5.02 Å². The minimum atomic E-state index is -3.77. The smallest absolute Gasteiger partial charge is 0.255 e. The third-order valence-electron chi connectivity index (χ3n) is 4.14. The molecule has 0 spiro atoms. The molecule has 0 bridgehead atoms. The highest BCUT2D eigenvalue weighted by molar-refractivity contribution is 7.89. The first-order chi connectivity index (χ1) is 12.8. The number of benzene rings is 2. The Morgan fingerprint density at radius 2 is 2.07 bits per heavy atom. The summed E-state index contributed by atoms with van der Waals surface area (Å²) in [7, 11) is -3.77. The van der Waals surface area contributed by atoms with Crippen LogP contribution in [0.5, 0.6) is 5.75 Å². The van der Waals surface area contributed by atoms with Crippen LogP contribution in [0.25, 0.3) is 0 Å². The summed E-state index contributed by atoms with van der Waals surface area (Å²) in [6, 6.07) is 9.88. The highest BCUT2D eigenvalue weighted by Crippen LogP contribution is 2.27. The monoisotopic (exact) mass is 410 g/mol. The summed E-state index contributed by atoms with van der Waals surface area (Å²) in [5.41, 5.74) is 0.270. The van der Waals surface area contributed by atoms with E-state index in [1.54, 1.807) is 0 Å². The number of halogens is 1. The third-order valence-corrected chi connectivity index (χ3v) is 5.79. The summed E-state index contributed by atoms with van der Waals surface area (Å²) < 4.78 is 32.8. The van der Waals surface area contributed by atoms with Crippen LogP contribution in [0.1, 0.15) is 23.2 Å². The number of aromatic hydroxyl groups is 1. The Kier molecular flexibility index (Phi) is 6.01. The van der Waals surface area contributed by atoms with E-state index in [1.807, 2.05) is 0 Å². The molecule has 9 heteroatoms. The van der Waals surface area contributed by atoms with Crippen LogP contribution in [-0.4, -0.2) is 38.7 Å². The zero-order valence-corrected chi connectivity index (χ0v) is 15.9. The molecule has 2 aromatic rings. The molecule has 1 fully saturated rings. The predicted molar refractivity (Wildman–Crippen MR) is 102 cm³/mol. The molecular formula is C18H19ClN2O5S. The lowest BCUT2D eigenvalue weighted by Gasteiger charge is -2.12. The Morgan fingerprint density at radius 1 is 1.26 bits per heavy atom. The molecule has 2 aromatic carbocycles. The maximum atomic E-state index is 12.5. The minimum Gasteiger partial charge on any atom is -0.506 e. The van der Waals surface area contributed by atoms with Crippen molar-refractivity contribution in [1.29, 1.82) is 0 Å². The Labute approximate surface area is 162 Å². The van der Waals surface area contributed by atoms with E-state index in [0.29, 0.717) is 11.6 Å². The number of hydrogen-bond acceptors (Lipinski definition) is 5. The molecule has 144 valence electrons. The van der Waals surface area contributed by atoms with Crippen molar-refractivity contribution in [2.24, 2.45) is 0 Å². The van der Waals surface area contributed by atoms with Crippen molar-refractivity contribution in [3.8, 4) is 5.75 Å². The molecule has 0 radical (unpaired) electrons. The molecule has 0 aliphatic carbocycles. The molecule has 1 atom stereocenters. The lowest BCUT2D eigenvalue weighted by Crippen LogP contribution is -2.32. The molecule has 1 amide bonds. The number of anilines is 1. The first kappa shape index (κ1) is 19.6. The first-order valence-corrected chi connectivity index (χ1v) is 10.2. The SMILES string of the molecule is O=C(Nc1cc(Cl)ccc1O)c1cccc(S(=O)(=O)NCC2CCCO2)c1. The second-order valence-electron chi connectivity index (χ2n) is 6.13. The second kappa shape index (κ2) is 8.26. The van der Waals surface area contributed by atoms with E-state index >= 15 is 0 Å². The molecule has 3 N–H and O–H groups in total. The Hall–Kier alpha value is -2.13. The molecular weight excluding hydrogens is 392 g/mol. The van der Waals surface area contributed by atoms with E-state index < -0.39 is 15.9 Å². The highest BCUT2D eigenvalue weighted by Gasteiger charge is 2.21. The fraction of sp³-hybridized carbons (Fsp3) is 0.278. The van der Waals surface area contributed by atoms with Gasteiger partial charge in [-0.2, -0.15) is 0 Å². The average molecular weight is 411 g/mol. The quantitative estimate of drug-likeness (QED) is 0.635. The van der Waals surface area contributed by atoms with Crippen molar-refractivity contribution < 1.29 is 23.1 Å². The van der Waals surface area contributed by atoms with E-state index in [4.69, 9.17) is 16.3 Å².